The summed E-state index contributed by atoms with van der Waals surface area (Å²) in [6.07, 6.45) is 3.10. The minimum atomic E-state index is -3.68. The summed E-state index contributed by atoms with van der Waals surface area (Å²) in [4.78, 5) is 3.99. The van der Waals surface area contributed by atoms with Gasteiger partial charge in [-0.05, 0) is 30.7 Å². The molecule has 6 heteroatoms. The van der Waals surface area contributed by atoms with E-state index < -0.39 is 10.0 Å². The number of hydrogen-bond acceptors (Lipinski definition) is 4. The molecule has 0 amide bonds. The molecule has 0 aliphatic heterocycles. The minimum Gasteiger partial charge on any atom is -0.398 e. The molecule has 0 unspecified atom stereocenters. The summed E-state index contributed by atoms with van der Waals surface area (Å²) in [6, 6.07) is 8.01. The number of hydrogen-bond donors (Lipinski definition) is 2. The Hall–Kier alpha value is -2.08. The SMILES string of the molecule is Cc1cncc(NS(=O)(=O)c2ccccc2N)c1. The molecule has 1 aromatic heterocycles. The number of nitrogens with zero attached hydrogens (tertiary/aromatic N) is 1. The van der Waals surface area contributed by atoms with Gasteiger partial charge in [0.25, 0.3) is 10.0 Å². The van der Waals surface area contributed by atoms with E-state index in [1.54, 1.807) is 30.5 Å². The quantitative estimate of drug-likeness (QED) is 0.826. The van der Waals surface area contributed by atoms with Crippen LogP contribution in [0.3, 0.4) is 0 Å². The molecule has 0 spiro atoms. The Kier molecular flexibility index (Phi) is 3.20. The van der Waals surface area contributed by atoms with Crippen molar-refractivity contribution in [3.8, 4) is 0 Å². The van der Waals surface area contributed by atoms with Crippen molar-refractivity contribution in [3.05, 3.63) is 48.3 Å². The highest BCUT2D eigenvalue weighted by atomic mass is 32.2. The number of aryl methyl sites for hydroxylation is 1. The van der Waals surface area contributed by atoms with Crippen molar-refractivity contribution in [2.24, 2.45) is 0 Å². The summed E-state index contributed by atoms with van der Waals surface area (Å²) in [5.41, 5.74) is 7.16. The number of nitrogen functional groups attached to an aromatic ring is 1. The Bertz CT molecular complexity index is 669. The fraction of sp³-hybridized carbons (Fsp3) is 0.0833. The van der Waals surface area contributed by atoms with E-state index >= 15 is 0 Å². The van der Waals surface area contributed by atoms with Gasteiger partial charge in [-0.3, -0.25) is 9.71 Å². The van der Waals surface area contributed by atoms with Gasteiger partial charge in [-0.1, -0.05) is 12.1 Å². The number of anilines is 2. The highest BCUT2D eigenvalue weighted by molar-refractivity contribution is 7.92. The van der Waals surface area contributed by atoms with Gasteiger partial charge in [-0.15, -0.1) is 0 Å². The molecule has 2 aromatic rings. The fourth-order valence-electron chi connectivity index (χ4n) is 1.55. The lowest BCUT2D eigenvalue weighted by Crippen LogP contribution is -2.14. The van der Waals surface area contributed by atoms with Crippen LogP contribution in [0.5, 0.6) is 0 Å². The van der Waals surface area contributed by atoms with E-state index in [9.17, 15) is 8.42 Å². The van der Waals surface area contributed by atoms with Crippen LogP contribution >= 0.6 is 0 Å². The van der Waals surface area contributed by atoms with Crippen LogP contribution in [-0.2, 0) is 10.0 Å². The standard InChI is InChI=1S/C12H13N3O2S/c1-9-6-10(8-14-7-9)15-18(16,17)12-5-3-2-4-11(12)13/h2-8,15H,13H2,1H3. The van der Waals surface area contributed by atoms with Crippen LogP contribution in [0.4, 0.5) is 11.4 Å². The number of nitrogens with one attached hydrogen (secondary N) is 1. The Morgan fingerprint density at radius 2 is 1.94 bits per heavy atom. The molecule has 0 atom stereocenters. The van der Waals surface area contributed by atoms with Gasteiger partial charge in [-0.25, -0.2) is 8.42 Å². The normalized spacial score (nSPS) is 11.2. The van der Waals surface area contributed by atoms with Crippen LogP contribution in [0.25, 0.3) is 0 Å². The molecule has 94 valence electrons. The summed E-state index contributed by atoms with van der Waals surface area (Å²) < 4.78 is 26.7. The van der Waals surface area contributed by atoms with Gasteiger partial charge in [-0.2, -0.15) is 0 Å². The maximum Gasteiger partial charge on any atom is 0.263 e. The lowest BCUT2D eigenvalue weighted by Gasteiger charge is -2.09. The van der Waals surface area contributed by atoms with Crippen LogP contribution in [0.1, 0.15) is 5.56 Å². The lowest BCUT2D eigenvalue weighted by atomic mass is 10.3. The first-order valence-corrected chi connectivity index (χ1v) is 6.76. The number of para-hydroxylation sites is 1. The Balaban J connectivity index is 2.37. The zero-order chi connectivity index (χ0) is 13.2. The van der Waals surface area contributed by atoms with Gasteiger partial charge >= 0.3 is 0 Å². The molecule has 0 saturated carbocycles. The summed E-state index contributed by atoms with van der Waals surface area (Å²) in [5, 5.41) is 0. The van der Waals surface area contributed by atoms with Gasteiger partial charge in [0, 0.05) is 6.20 Å². The van der Waals surface area contributed by atoms with Crippen molar-refractivity contribution in [2.45, 2.75) is 11.8 Å². The first-order chi connectivity index (χ1) is 8.49. The van der Waals surface area contributed by atoms with E-state index in [0.29, 0.717) is 5.69 Å². The molecule has 5 nitrogen and oxygen atoms in total. The fourth-order valence-corrected chi connectivity index (χ4v) is 2.71. The van der Waals surface area contributed by atoms with E-state index in [4.69, 9.17) is 5.73 Å². The maximum absolute atomic E-state index is 12.1. The van der Waals surface area contributed by atoms with Gasteiger partial charge in [0.2, 0.25) is 0 Å². The van der Waals surface area contributed by atoms with Crippen molar-refractivity contribution in [3.63, 3.8) is 0 Å². The van der Waals surface area contributed by atoms with E-state index in [0.717, 1.165) is 5.56 Å². The highest BCUT2D eigenvalue weighted by Crippen LogP contribution is 2.20. The largest absolute Gasteiger partial charge is 0.398 e. The van der Waals surface area contributed by atoms with Crippen LogP contribution in [0, 0.1) is 6.92 Å². The molecule has 0 aliphatic carbocycles. The van der Waals surface area contributed by atoms with E-state index in [1.165, 1.54) is 12.3 Å². The van der Waals surface area contributed by atoms with E-state index in [2.05, 4.69) is 9.71 Å². The van der Waals surface area contributed by atoms with Crippen LogP contribution in [0.15, 0.2) is 47.6 Å². The summed E-state index contributed by atoms with van der Waals surface area (Å²) >= 11 is 0. The van der Waals surface area contributed by atoms with Gasteiger partial charge in [0.05, 0.1) is 17.6 Å². The van der Waals surface area contributed by atoms with Crippen molar-refractivity contribution in [2.75, 3.05) is 10.5 Å². The number of sulfonamides is 1. The zero-order valence-corrected chi connectivity index (χ0v) is 10.6. The van der Waals surface area contributed by atoms with Crippen molar-refractivity contribution < 1.29 is 8.42 Å². The number of pyridine rings is 1. The smallest absolute Gasteiger partial charge is 0.263 e. The number of nitrogens with two attached hydrogens (primary N) is 1. The molecule has 0 fully saturated rings. The molecular formula is C12H13N3O2S. The molecule has 0 radical (unpaired) electrons. The second kappa shape index (κ2) is 4.66. The first kappa shape index (κ1) is 12.4. The second-order valence-corrected chi connectivity index (χ2v) is 5.55. The van der Waals surface area contributed by atoms with Crippen LogP contribution < -0.4 is 10.5 Å². The lowest BCUT2D eigenvalue weighted by molar-refractivity contribution is 0.601. The highest BCUT2D eigenvalue weighted by Gasteiger charge is 2.16. The molecule has 18 heavy (non-hydrogen) atoms. The molecule has 1 aromatic carbocycles. The molecule has 0 aliphatic rings. The Labute approximate surface area is 106 Å². The van der Waals surface area contributed by atoms with Crippen molar-refractivity contribution >= 4 is 21.4 Å². The van der Waals surface area contributed by atoms with Crippen molar-refractivity contribution in [1.29, 1.82) is 0 Å². The number of benzene rings is 1. The maximum atomic E-state index is 12.1. The topological polar surface area (TPSA) is 85.1 Å². The summed E-state index contributed by atoms with van der Waals surface area (Å²) in [7, 11) is -3.68. The molecule has 0 saturated heterocycles. The Morgan fingerprint density at radius 1 is 1.22 bits per heavy atom. The van der Waals surface area contributed by atoms with E-state index in [1.807, 2.05) is 6.92 Å². The third kappa shape index (κ3) is 2.60. The van der Waals surface area contributed by atoms with E-state index in [-0.39, 0.29) is 10.6 Å². The molecule has 3 N–H and O–H groups in total. The summed E-state index contributed by atoms with van der Waals surface area (Å²) in [5.74, 6) is 0. The van der Waals surface area contributed by atoms with Crippen molar-refractivity contribution in [1.82, 2.24) is 4.98 Å². The third-order valence-electron chi connectivity index (χ3n) is 2.34. The summed E-state index contributed by atoms with van der Waals surface area (Å²) in [6.45, 7) is 1.83. The third-order valence-corrected chi connectivity index (χ3v) is 3.79. The molecule has 0 bridgehead atoms. The predicted octanol–water partition coefficient (Wildman–Crippen LogP) is 1.77. The average Bonchev–Trinajstić information content (AvgIpc) is 2.28. The van der Waals surface area contributed by atoms with Crippen LogP contribution in [-0.4, -0.2) is 13.4 Å². The van der Waals surface area contributed by atoms with Crippen LogP contribution in [0.2, 0.25) is 0 Å². The number of aromatic nitrogens is 1. The number of rotatable bonds is 3. The Morgan fingerprint density at radius 3 is 2.61 bits per heavy atom. The minimum absolute atomic E-state index is 0.0616. The molecule has 2 rings (SSSR count). The second-order valence-electron chi connectivity index (χ2n) is 3.89. The van der Waals surface area contributed by atoms with Gasteiger partial charge in [0.1, 0.15) is 4.90 Å². The monoisotopic (exact) mass is 263 g/mol. The first-order valence-electron chi connectivity index (χ1n) is 5.28. The predicted molar refractivity (Wildman–Crippen MR) is 70.6 cm³/mol. The van der Waals surface area contributed by atoms with Gasteiger partial charge in [0.15, 0.2) is 0 Å². The zero-order valence-electron chi connectivity index (χ0n) is 9.79. The van der Waals surface area contributed by atoms with Gasteiger partial charge < -0.3 is 5.73 Å². The molecular weight excluding hydrogens is 250 g/mol. The molecule has 1 heterocycles. The average molecular weight is 263 g/mol.